The number of fused-ring (bicyclic) bond motifs is 2. The van der Waals surface area contributed by atoms with Crippen LogP contribution in [0.5, 0.6) is 0 Å². The summed E-state index contributed by atoms with van der Waals surface area (Å²) in [6, 6.07) is 9.02. The highest BCUT2D eigenvalue weighted by Gasteiger charge is 2.45. The van der Waals surface area contributed by atoms with Gasteiger partial charge in [-0.1, -0.05) is 18.2 Å². The van der Waals surface area contributed by atoms with Crippen LogP contribution in [0.15, 0.2) is 82.3 Å². The highest BCUT2D eigenvalue weighted by Crippen LogP contribution is 2.51. The normalized spacial score (nSPS) is 21.1. The summed E-state index contributed by atoms with van der Waals surface area (Å²) < 4.78 is 69.5. The number of hydrogen-bond acceptors (Lipinski definition) is 9. The summed E-state index contributed by atoms with van der Waals surface area (Å²) in [7, 11) is -8.88. The molecular weight excluding hydrogens is 699 g/mol. The van der Waals surface area contributed by atoms with Crippen LogP contribution in [-0.2, 0) is 50.3 Å². The van der Waals surface area contributed by atoms with Crippen molar-refractivity contribution in [1.29, 1.82) is 0 Å². The number of imide groups is 1. The number of amides is 2. The molecular formula is C36H42N3O10S2+. The summed E-state index contributed by atoms with van der Waals surface area (Å²) in [5.41, 5.74) is 3.40. The number of allylic oxidation sites excluding steroid dienone is 6. The molecule has 0 spiro atoms. The Bertz CT molecular complexity index is 2130. The molecule has 0 aliphatic carbocycles. The second-order valence-corrected chi connectivity index (χ2v) is 16.2. The number of likely N-dealkylation sites (N-methyl/N-ethyl adjacent to an activating group) is 1. The second-order valence-electron chi connectivity index (χ2n) is 13.3. The molecule has 3 aliphatic heterocycles. The van der Waals surface area contributed by atoms with Crippen molar-refractivity contribution in [2.75, 3.05) is 18.0 Å². The van der Waals surface area contributed by atoms with Crippen LogP contribution in [0.2, 0.25) is 0 Å². The maximum absolute atomic E-state index is 12.6. The molecule has 5 rings (SSSR count). The molecule has 0 aromatic heterocycles. The minimum atomic E-state index is -4.51. The lowest BCUT2D eigenvalue weighted by molar-refractivity contribution is -0.433. The number of anilines is 1. The van der Waals surface area contributed by atoms with E-state index in [4.69, 9.17) is 4.84 Å². The zero-order chi connectivity index (χ0) is 37.5. The van der Waals surface area contributed by atoms with E-state index in [9.17, 15) is 40.3 Å². The van der Waals surface area contributed by atoms with Gasteiger partial charge in [0.1, 0.15) is 6.54 Å². The first kappa shape index (κ1) is 37.8. The fraction of sp³-hybridized carbons (Fsp3) is 0.389. The fourth-order valence-electron chi connectivity index (χ4n) is 7.20. The van der Waals surface area contributed by atoms with E-state index in [0.29, 0.717) is 30.1 Å². The first-order valence-corrected chi connectivity index (χ1v) is 19.5. The largest absolute Gasteiger partial charge is 0.344 e. The smallest absolute Gasteiger partial charge is 0.333 e. The van der Waals surface area contributed by atoms with Gasteiger partial charge in [-0.05, 0) is 89.4 Å². The van der Waals surface area contributed by atoms with Gasteiger partial charge in [0.05, 0.1) is 15.2 Å². The summed E-state index contributed by atoms with van der Waals surface area (Å²) in [6.45, 7) is 11.0. The molecule has 1 fully saturated rings. The Balaban J connectivity index is 1.43. The molecule has 2 aromatic carbocycles. The van der Waals surface area contributed by atoms with Gasteiger partial charge in [-0.25, -0.2) is 4.79 Å². The molecule has 272 valence electrons. The topological polar surface area (TPSA) is 179 Å². The van der Waals surface area contributed by atoms with E-state index in [1.165, 1.54) is 24.3 Å². The van der Waals surface area contributed by atoms with E-state index < -0.39 is 48.8 Å². The van der Waals surface area contributed by atoms with Crippen LogP contribution in [0.4, 0.5) is 11.4 Å². The van der Waals surface area contributed by atoms with Gasteiger partial charge in [-0.3, -0.25) is 18.7 Å². The standard InChI is InChI=1S/C36H41N3O10S2/c1-6-37-28-17-15-24(50(43,44)45)22-26(28)35(3,4)30(37)12-9-8-10-13-31-36(5,21-11-14-34(42)49-39-32(40)19-20-33(39)41)27-23-25(51(46,47)48)16-18-29(27)38(31)7-2/h8-10,12-13,15-18,22-23H,6-7,11,14,19-21H2,1-5H3,(H-,43,44,45,46,47,48)/p+1. The van der Waals surface area contributed by atoms with Crippen molar-refractivity contribution in [3.05, 3.63) is 83.6 Å². The lowest BCUT2D eigenvalue weighted by atomic mass is 9.77. The van der Waals surface area contributed by atoms with E-state index in [-0.39, 0.29) is 35.5 Å². The molecule has 2 amide bonds. The zero-order valence-electron chi connectivity index (χ0n) is 29.1. The zero-order valence-corrected chi connectivity index (χ0v) is 30.8. The predicted octanol–water partition coefficient (Wildman–Crippen LogP) is 5.15. The summed E-state index contributed by atoms with van der Waals surface area (Å²) in [4.78, 5) is 43.1. The molecule has 2 aromatic rings. The van der Waals surface area contributed by atoms with E-state index in [1.54, 1.807) is 12.1 Å². The third-order valence-electron chi connectivity index (χ3n) is 9.79. The molecule has 0 radical (unpaired) electrons. The van der Waals surface area contributed by atoms with Gasteiger partial charge in [-0.2, -0.15) is 21.4 Å². The van der Waals surface area contributed by atoms with Crippen LogP contribution < -0.4 is 4.90 Å². The molecule has 1 saturated heterocycles. The molecule has 1 atom stereocenters. The molecule has 1 unspecified atom stereocenters. The SMILES string of the molecule is CCN1C(=CC=CC=CC2=[N+](CC)c3ccc(S(=O)(=O)O)cc3C2(C)C)C(C)(CCCC(=O)ON2C(=O)CCC2=O)c2cc(S(=O)(=O)O)ccc21. The highest BCUT2D eigenvalue weighted by molar-refractivity contribution is 7.86. The van der Waals surface area contributed by atoms with Gasteiger partial charge in [0.25, 0.3) is 32.1 Å². The van der Waals surface area contributed by atoms with Gasteiger partial charge in [0.15, 0.2) is 5.71 Å². The van der Waals surface area contributed by atoms with Crippen molar-refractivity contribution >= 4 is 55.1 Å². The quantitative estimate of drug-likeness (QED) is 0.127. The van der Waals surface area contributed by atoms with E-state index in [2.05, 4.69) is 4.58 Å². The van der Waals surface area contributed by atoms with E-state index in [0.717, 1.165) is 28.3 Å². The molecule has 0 saturated carbocycles. The van der Waals surface area contributed by atoms with Gasteiger partial charge < -0.3 is 9.74 Å². The van der Waals surface area contributed by atoms with Crippen molar-refractivity contribution in [1.82, 2.24) is 5.06 Å². The number of hydroxylamine groups is 2. The average Bonchev–Trinajstić information content (AvgIpc) is 3.58. The van der Waals surface area contributed by atoms with Crippen LogP contribution in [0, 0.1) is 0 Å². The Kier molecular flexibility index (Phi) is 10.3. The fourth-order valence-corrected chi connectivity index (χ4v) is 8.21. The highest BCUT2D eigenvalue weighted by atomic mass is 32.2. The first-order valence-electron chi connectivity index (χ1n) is 16.6. The van der Waals surface area contributed by atoms with Gasteiger partial charge in [0, 0.05) is 60.3 Å². The number of carbonyl (C=O) groups is 3. The summed E-state index contributed by atoms with van der Waals surface area (Å²) in [5.74, 6) is -1.87. The predicted molar refractivity (Wildman–Crippen MR) is 189 cm³/mol. The van der Waals surface area contributed by atoms with Crippen LogP contribution in [0.25, 0.3) is 0 Å². The third kappa shape index (κ3) is 7.20. The molecule has 13 nitrogen and oxygen atoms in total. The Morgan fingerprint density at radius 2 is 1.51 bits per heavy atom. The van der Waals surface area contributed by atoms with Crippen LogP contribution >= 0.6 is 0 Å². The Morgan fingerprint density at radius 3 is 2.10 bits per heavy atom. The summed E-state index contributed by atoms with van der Waals surface area (Å²) in [6.07, 6.45) is 9.94. The van der Waals surface area contributed by atoms with Gasteiger partial charge >= 0.3 is 5.97 Å². The minimum Gasteiger partial charge on any atom is -0.344 e. The van der Waals surface area contributed by atoms with Gasteiger partial charge in [0.2, 0.25) is 5.69 Å². The van der Waals surface area contributed by atoms with Crippen molar-refractivity contribution in [2.45, 2.75) is 87.3 Å². The number of carbonyl (C=O) groups excluding carboxylic acids is 3. The van der Waals surface area contributed by atoms with E-state index >= 15 is 0 Å². The Labute approximate surface area is 298 Å². The van der Waals surface area contributed by atoms with Crippen LogP contribution in [0.1, 0.15) is 77.8 Å². The van der Waals surface area contributed by atoms with Gasteiger partial charge in [-0.15, -0.1) is 5.06 Å². The molecule has 3 aliphatic rings. The summed E-state index contributed by atoms with van der Waals surface area (Å²) in [5, 5.41) is 0.510. The van der Waals surface area contributed by atoms with Crippen LogP contribution in [0.3, 0.4) is 0 Å². The monoisotopic (exact) mass is 740 g/mol. The molecule has 51 heavy (non-hydrogen) atoms. The Morgan fingerprint density at radius 1 is 0.902 bits per heavy atom. The lowest BCUT2D eigenvalue weighted by Crippen LogP contribution is -2.32. The minimum absolute atomic E-state index is 0.0136. The molecule has 3 heterocycles. The molecule has 2 N–H and O–H groups in total. The lowest BCUT2D eigenvalue weighted by Gasteiger charge is -2.30. The Hall–Kier alpha value is -4.44. The molecule has 0 bridgehead atoms. The third-order valence-corrected chi connectivity index (χ3v) is 11.5. The number of hydrogen-bond donors (Lipinski definition) is 2. The van der Waals surface area contributed by atoms with Crippen LogP contribution in [-0.4, -0.2) is 72.2 Å². The molecule has 15 heteroatoms. The van der Waals surface area contributed by atoms with Crippen molar-refractivity contribution in [2.24, 2.45) is 0 Å². The number of rotatable bonds is 12. The first-order chi connectivity index (χ1) is 23.8. The van der Waals surface area contributed by atoms with Crippen molar-refractivity contribution in [3.8, 4) is 0 Å². The maximum atomic E-state index is 12.6. The van der Waals surface area contributed by atoms with E-state index in [1.807, 2.05) is 69.9 Å². The van der Waals surface area contributed by atoms with Crippen molar-refractivity contribution < 1.29 is 49.7 Å². The number of benzene rings is 2. The average molecular weight is 741 g/mol. The summed E-state index contributed by atoms with van der Waals surface area (Å²) >= 11 is 0. The second kappa shape index (κ2) is 13.9. The maximum Gasteiger partial charge on any atom is 0.333 e. The number of nitrogens with zero attached hydrogens (tertiary/aromatic N) is 3. The van der Waals surface area contributed by atoms with Crippen molar-refractivity contribution in [3.63, 3.8) is 0 Å².